The first-order chi connectivity index (χ1) is 9.53. The normalized spacial score (nSPS) is 9.30. The van der Waals surface area contributed by atoms with Gasteiger partial charge in [-0.3, -0.25) is 19.3 Å². The topological polar surface area (TPSA) is 107 Å². The number of hydrogen-bond donors (Lipinski definition) is 3. The Labute approximate surface area is 116 Å². The predicted octanol–water partition coefficient (Wildman–Crippen LogP) is 0.732. The minimum atomic E-state index is -0.931. The molecule has 1 amide bonds. The molecular weight excluding hydrogens is 264 g/mol. The molecule has 7 heteroatoms. The second-order valence-corrected chi connectivity index (χ2v) is 3.72. The van der Waals surface area contributed by atoms with Crippen molar-refractivity contribution in [3.8, 4) is 0 Å². The number of carbonyl (C=O) groups excluding carboxylic acids is 1. The third-order valence-corrected chi connectivity index (χ3v) is 2.23. The summed E-state index contributed by atoms with van der Waals surface area (Å²) in [6.07, 6.45) is 0. The Kier molecular flexibility index (Phi) is 9.24. The molecule has 1 aromatic carbocycles. The van der Waals surface area contributed by atoms with Gasteiger partial charge in [0.1, 0.15) is 0 Å². The zero-order valence-corrected chi connectivity index (χ0v) is 11.2. The monoisotopic (exact) mass is 282 g/mol. The zero-order valence-electron chi connectivity index (χ0n) is 11.2. The molecule has 3 N–H and O–H groups in total. The molecule has 110 valence electrons. The van der Waals surface area contributed by atoms with Gasteiger partial charge in [-0.25, -0.2) is 0 Å². The van der Waals surface area contributed by atoms with E-state index in [1.54, 1.807) is 17.0 Å². The SMILES string of the molecule is CCN(CC(=O)O)CC(=O)Nc1ccccc1.O=CO. The summed E-state index contributed by atoms with van der Waals surface area (Å²) in [7, 11) is 0. The summed E-state index contributed by atoms with van der Waals surface area (Å²) in [5.74, 6) is -1.14. The van der Waals surface area contributed by atoms with E-state index in [9.17, 15) is 9.59 Å². The summed E-state index contributed by atoms with van der Waals surface area (Å²) in [4.78, 5) is 32.1. The van der Waals surface area contributed by atoms with Gasteiger partial charge in [-0.2, -0.15) is 0 Å². The number of nitrogens with one attached hydrogen (secondary N) is 1. The maximum Gasteiger partial charge on any atom is 0.317 e. The van der Waals surface area contributed by atoms with E-state index in [4.69, 9.17) is 15.0 Å². The largest absolute Gasteiger partial charge is 0.483 e. The molecule has 0 heterocycles. The number of hydrogen-bond acceptors (Lipinski definition) is 4. The summed E-state index contributed by atoms with van der Waals surface area (Å²) < 4.78 is 0. The number of likely N-dealkylation sites (N-methyl/N-ethyl adjacent to an activating group) is 1. The lowest BCUT2D eigenvalue weighted by molar-refractivity contribution is -0.138. The first-order valence-corrected chi connectivity index (χ1v) is 5.90. The van der Waals surface area contributed by atoms with Crippen LogP contribution in [-0.4, -0.2) is 53.1 Å². The Morgan fingerprint density at radius 2 is 1.80 bits per heavy atom. The molecule has 0 saturated carbocycles. The smallest absolute Gasteiger partial charge is 0.317 e. The molecule has 0 aromatic heterocycles. The molecule has 1 rings (SSSR count). The lowest BCUT2D eigenvalue weighted by atomic mass is 10.3. The Bertz CT molecular complexity index is 422. The number of nitrogens with zero attached hydrogens (tertiary/aromatic N) is 1. The Morgan fingerprint density at radius 1 is 1.25 bits per heavy atom. The van der Waals surface area contributed by atoms with Gasteiger partial charge in [-0.15, -0.1) is 0 Å². The first-order valence-electron chi connectivity index (χ1n) is 5.90. The third kappa shape index (κ3) is 8.65. The number of rotatable bonds is 6. The summed E-state index contributed by atoms with van der Waals surface area (Å²) in [6.45, 7) is 2.05. The van der Waals surface area contributed by atoms with Gasteiger partial charge >= 0.3 is 5.97 Å². The second kappa shape index (κ2) is 10.5. The van der Waals surface area contributed by atoms with Crippen molar-refractivity contribution in [1.29, 1.82) is 0 Å². The van der Waals surface area contributed by atoms with E-state index in [-0.39, 0.29) is 25.5 Å². The second-order valence-electron chi connectivity index (χ2n) is 3.72. The number of carboxylic acids is 1. The quantitative estimate of drug-likeness (QED) is 0.664. The fraction of sp³-hybridized carbons (Fsp3) is 0.308. The molecule has 0 bridgehead atoms. The molecule has 0 atom stereocenters. The minimum Gasteiger partial charge on any atom is -0.483 e. The van der Waals surface area contributed by atoms with Crippen molar-refractivity contribution in [1.82, 2.24) is 4.90 Å². The van der Waals surface area contributed by atoms with Gasteiger partial charge < -0.3 is 15.5 Å². The standard InChI is InChI=1S/C12H16N2O3.CH2O2/c1-2-14(9-12(16)17)8-11(15)13-10-6-4-3-5-7-10;2-1-3/h3-7H,2,8-9H2,1H3,(H,13,15)(H,16,17);1H,(H,2,3). The van der Waals surface area contributed by atoms with Crippen LogP contribution in [-0.2, 0) is 14.4 Å². The van der Waals surface area contributed by atoms with E-state index in [1.807, 2.05) is 25.1 Å². The number of aliphatic carboxylic acids is 1. The lowest BCUT2D eigenvalue weighted by Gasteiger charge is -2.17. The average Bonchev–Trinajstić information content (AvgIpc) is 2.39. The van der Waals surface area contributed by atoms with Crippen LogP contribution in [0, 0.1) is 0 Å². The molecule has 0 unspecified atom stereocenters. The van der Waals surface area contributed by atoms with Crippen LogP contribution in [0.25, 0.3) is 0 Å². The van der Waals surface area contributed by atoms with E-state index >= 15 is 0 Å². The predicted molar refractivity (Wildman–Crippen MR) is 73.5 cm³/mol. The molecule has 0 fully saturated rings. The third-order valence-electron chi connectivity index (χ3n) is 2.23. The molecule has 0 radical (unpaired) electrons. The van der Waals surface area contributed by atoms with Gasteiger partial charge in [0.25, 0.3) is 6.47 Å². The average molecular weight is 282 g/mol. The fourth-order valence-electron chi connectivity index (χ4n) is 1.40. The number of anilines is 1. The van der Waals surface area contributed by atoms with Gasteiger partial charge in [-0.1, -0.05) is 25.1 Å². The number of amides is 1. The first kappa shape index (κ1) is 17.6. The van der Waals surface area contributed by atoms with Crippen molar-refractivity contribution in [2.45, 2.75) is 6.92 Å². The molecule has 0 aliphatic rings. The lowest BCUT2D eigenvalue weighted by Crippen LogP contribution is -2.36. The molecule has 0 aliphatic carbocycles. The van der Waals surface area contributed by atoms with Gasteiger partial charge in [-0.05, 0) is 18.7 Å². The van der Waals surface area contributed by atoms with Crippen LogP contribution in [0.4, 0.5) is 5.69 Å². The maximum absolute atomic E-state index is 11.6. The highest BCUT2D eigenvalue weighted by Crippen LogP contribution is 2.04. The van der Waals surface area contributed by atoms with Gasteiger partial charge in [0.2, 0.25) is 5.91 Å². The molecule has 1 aromatic rings. The highest BCUT2D eigenvalue weighted by molar-refractivity contribution is 5.92. The van der Waals surface area contributed by atoms with E-state index in [1.165, 1.54) is 0 Å². The summed E-state index contributed by atoms with van der Waals surface area (Å²) in [5.41, 5.74) is 0.712. The van der Waals surface area contributed by atoms with E-state index in [2.05, 4.69) is 5.32 Å². The van der Waals surface area contributed by atoms with Gasteiger partial charge in [0.05, 0.1) is 13.1 Å². The molecular formula is C13H18N2O5. The zero-order chi connectivity index (χ0) is 15.4. The molecule has 0 spiro atoms. The molecule has 0 saturated heterocycles. The maximum atomic E-state index is 11.6. The number of benzene rings is 1. The van der Waals surface area contributed by atoms with Crippen molar-refractivity contribution >= 4 is 24.0 Å². The van der Waals surface area contributed by atoms with Crippen molar-refractivity contribution in [3.63, 3.8) is 0 Å². The Hall–Kier alpha value is -2.41. The van der Waals surface area contributed by atoms with Crippen LogP contribution < -0.4 is 5.32 Å². The van der Waals surface area contributed by atoms with Crippen LogP contribution in [0.1, 0.15) is 6.92 Å². The van der Waals surface area contributed by atoms with E-state index in [0.29, 0.717) is 12.2 Å². The van der Waals surface area contributed by atoms with Crippen LogP contribution in [0.2, 0.25) is 0 Å². The van der Waals surface area contributed by atoms with Gasteiger partial charge in [0.15, 0.2) is 0 Å². The molecule has 0 aliphatic heterocycles. The van der Waals surface area contributed by atoms with E-state index in [0.717, 1.165) is 0 Å². The number of para-hydroxylation sites is 1. The van der Waals surface area contributed by atoms with Gasteiger partial charge in [0, 0.05) is 5.69 Å². The van der Waals surface area contributed by atoms with Crippen LogP contribution in [0.3, 0.4) is 0 Å². The van der Waals surface area contributed by atoms with E-state index < -0.39 is 5.97 Å². The van der Waals surface area contributed by atoms with Crippen molar-refractivity contribution < 1.29 is 24.6 Å². The number of carboxylic acid groups (broad SMARTS) is 2. The summed E-state index contributed by atoms with van der Waals surface area (Å²) in [6, 6.07) is 9.07. The van der Waals surface area contributed by atoms with Crippen LogP contribution in [0.5, 0.6) is 0 Å². The fourth-order valence-corrected chi connectivity index (χ4v) is 1.40. The van der Waals surface area contributed by atoms with Crippen molar-refractivity contribution in [3.05, 3.63) is 30.3 Å². The Morgan fingerprint density at radius 3 is 2.25 bits per heavy atom. The summed E-state index contributed by atoms with van der Waals surface area (Å²) >= 11 is 0. The van der Waals surface area contributed by atoms with Crippen molar-refractivity contribution in [2.75, 3.05) is 25.0 Å². The summed E-state index contributed by atoms with van der Waals surface area (Å²) in [5, 5.41) is 18.2. The number of carbonyl (C=O) groups is 3. The molecule has 7 nitrogen and oxygen atoms in total. The van der Waals surface area contributed by atoms with Crippen LogP contribution >= 0.6 is 0 Å². The van der Waals surface area contributed by atoms with Crippen molar-refractivity contribution in [2.24, 2.45) is 0 Å². The van der Waals surface area contributed by atoms with Crippen LogP contribution in [0.15, 0.2) is 30.3 Å². The highest BCUT2D eigenvalue weighted by atomic mass is 16.4. The molecule has 20 heavy (non-hydrogen) atoms. The highest BCUT2D eigenvalue weighted by Gasteiger charge is 2.11. The Balaban J connectivity index is 0.00000110. The minimum absolute atomic E-state index is 0.0810.